The largest absolute Gasteiger partial charge is 0.362 e. The van der Waals surface area contributed by atoms with Crippen LogP contribution in [0.25, 0.3) is 5.57 Å². The fraction of sp³-hybridized carbons (Fsp3) is 0.387. The van der Waals surface area contributed by atoms with Gasteiger partial charge in [-0.15, -0.1) is 0 Å². The van der Waals surface area contributed by atoms with Gasteiger partial charge in [-0.25, -0.2) is 0 Å². The van der Waals surface area contributed by atoms with Crippen LogP contribution in [0.3, 0.4) is 0 Å². The van der Waals surface area contributed by atoms with Gasteiger partial charge in [0.25, 0.3) is 0 Å². The predicted molar refractivity (Wildman–Crippen MR) is 167 cm³/mol. The number of halogens is 2. The molecule has 0 spiro atoms. The number of carbonyl (C=O) groups excluding carboxylic acids is 1. The molecule has 0 N–H and O–H groups in total. The van der Waals surface area contributed by atoms with Gasteiger partial charge in [0, 0.05) is 32.3 Å². The van der Waals surface area contributed by atoms with Gasteiger partial charge in [-0.2, -0.15) is 0 Å². The topological polar surface area (TPSA) is 88.1 Å². The van der Waals surface area contributed by atoms with Crippen LogP contribution in [0.15, 0.2) is 66.0 Å². The second-order valence-corrected chi connectivity index (χ2v) is 17.4. The maximum absolute atomic E-state index is 14.2. The molecule has 2 heterocycles. The summed E-state index contributed by atoms with van der Waals surface area (Å²) in [6.07, 6.45) is 4.58. The fourth-order valence-electron chi connectivity index (χ4n) is 4.76. The zero-order valence-corrected chi connectivity index (χ0v) is 27.4. The Labute approximate surface area is 256 Å². The van der Waals surface area contributed by atoms with E-state index in [9.17, 15) is 13.9 Å². The summed E-state index contributed by atoms with van der Waals surface area (Å²) in [5.41, 5.74) is 1.94. The van der Waals surface area contributed by atoms with E-state index in [0.717, 1.165) is 5.57 Å². The Bertz CT molecular complexity index is 1590. The minimum atomic E-state index is -3.82. The second-order valence-electron chi connectivity index (χ2n) is 12.4. The molecule has 11 heteroatoms. The molecule has 2 fully saturated rings. The van der Waals surface area contributed by atoms with E-state index in [-0.39, 0.29) is 51.3 Å². The summed E-state index contributed by atoms with van der Waals surface area (Å²) in [5.74, 6) is -0.380. The molecule has 0 radical (unpaired) electrons. The number of allylic oxidation sites excluding steroid dienone is 5. The molecule has 7 nitrogen and oxygen atoms in total. The standard InChI is InChI=1S/C31H34Cl2O7P2/c1-20(21-6-10-24(11-7-21)41(35)37-16-30(2,3)17-38-41)25-12-8-22(29(34)26-15-23(32)9-13-27(26)33)14-28(25)42(36)39-18-31(4,5)19-40-42/h6,8-10,12-15H,1,7,11,16-19H2,2-5H3. The van der Waals surface area contributed by atoms with E-state index in [4.69, 9.17) is 41.3 Å². The molecule has 0 aromatic heterocycles. The summed E-state index contributed by atoms with van der Waals surface area (Å²) in [7, 11) is -7.19. The number of benzene rings is 2. The number of rotatable bonds is 6. The Morgan fingerprint density at radius 3 is 1.95 bits per heavy atom. The van der Waals surface area contributed by atoms with E-state index in [0.29, 0.717) is 47.5 Å². The Hall–Kier alpha value is -1.79. The maximum atomic E-state index is 14.2. The van der Waals surface area contributed by atoms with Gasteiger partial charge in [0.15, 0.2) is 5.78 Å². The van der Waals surface area contributed by atoms with Crippen LogP contribution in [-0.4, -0.2) is 32.2 Å². The number of hydrogen-bond donors (Lipinski definition) is 0. The first-order chi connectivity index (χ1) is 19.6. The fourth-order valence-corrected chi connectivity index (χ4v) is 9.42. The van der Waals surface area contributed by atoms with Gasteiger partial charge in [0.05, 0.1) is 36.8 Å². The first-order valence-electron chi connectivity index (χ1n) is 13.6. The first-order valence-corrected chi connectivity index (χ1v) is 17.5. The molecule has 2 aliphatic heterocycles. The highest BCUT2D eigenvalue weighted by Gasteiger charge is 2.42. The lowest BCUT2D eigenvalue weighted by atomic mass is 9.92. The van der Waals surface area contributed by atoms with Crippen molar-refractivity contribution in [3.05, 3.63) is 92.8 Å². The lowest BCUT2D eigenvalue weighted by Crippen LogP contribution is -2.33. The quantitative estimate of drug-likeness (QED) is 0.228. The van der Waals surface area contributed by atoms with E-state index >= 15 is 0 Å². The average molecular weight is 651 g/mol. The third kappa shape index (κ3) is 6.50. The van der Waals surface area contributed by atoms with E-state index in [1.807, 2.05) is 33.8 Å². The van der Waals surface area contributed by atoms with Crippen molar-refractivity contribution >= 4 is 55.1 Å². The van der Waals surface area contributed by atoms with Crippen LogP contribution in [-0.2, 0) is 27.2 Å². The van der Waals surface area contributed by atoms with Crippen molar-refractivity contribution in [1.29, 1.82) is 0 Å². The van der Waals surface area contributed by atoms with Crippen molar-refractivity contribution in [2.24, 2.45) is 10.8 Å². The molecule has 2 aromatic carbocycles. The summed E-state index contributed by atoms with van der Waals surface area (Å²) < 4.78 is 50.7. The molecule has 1 aliphatic carbocycles. The van der Waals surface area contributed by atoms with Gasteiger partial charge in [-0.1, -0.05) is 81.8 Å². The molecule has 224 valence electrons. The molecule has 2 saturated heterocycles. The van der Waals surface area contributed by atoms with Crippen molar-refractivity contribution in [2.75, 3.05) is 26.4 Å². The van der Waals surface area contributed by atoms with Crippen LogP contribution >= 0.6 is 38.4 Å². The lowest BCUT2D eigenvalue weighted by molar-refractivity contribution is 0.0442. The van der Waals surface area contributed by atoms with Crippen LogP contribution in [0.5, 0.6) is 0 Å². The summed E-state index contributed by atoms with van der Waals surface area (Å²) >= 11 is 12.4. The molecule has 0 saturated carbocycles. The minimum absolute atomic E-state index is 0.198. The van der Waals surface area contributed by atoms with Crippen molar-refractivity contribution in [3.63, 3.8) is 0 Å². The van der Waals surface area contributed by atoms with E-state index in [2.05, 4.69) is 6.58 Å². The van der Waals surface area contributed by atoms with E-state index in [1.165, 1.54) is 12.1 Å². The predicted octanol–water partition coefficient (Wildman–Crippen LogP) is 9.00. The van der Waals surface area contributed by atoms with Gasteiger partial charge >= 0.3 is 15.2 Å². The Kier molecular flexibility index (Phi) is 8.75. The first kappa shape index (κ1) is 31.6. The average Bonchev–Trinajstić information content (AvgIpc) is 2.97. The highest BCUT2D eigenvalue weighted by Crippen LogP contribution is 2.62. The third-order valence-corrected chi connectivity index (χ3v) is 11.9. The summed E-state index contributed by atoms with van der Waals surface area (Å²) in [4.78, 5) is 13.5. The normalized spacial score (nSPS) is 22.5. The maximum Gasteiger partial charge on any atom is 0.362 e. The molecule has 0 unspecified atom stereocenters. The molecular weight excluding hydrogens is 617 g/mol. The van der Waals surface area contributed by atoms with Crippen LogP contribution in [0.1, 0.15) is 62.0 Å². The van der Waals surface area contributed by atoms with Crippen molar-refractivity contribution in [2.45, 2.75) is 40.5 Å². The Morgan fingerprint density at radius 1 is 0.786 bits per heavy atom. The minimum Gasteiger partial charge on any atom is -0.305 e. The van der Waals surface area contributed by atoms with Gasteiger partial charge in [0.1, 0.15) is 0 Å². The molecule has 2 aromatic rings. The van der Waals surface area contributed by atoms with Crippen LogP contribution in [0.2, 0.25) is 10.0 Å². The summed E-state index contributed by atoms with van der Waals surface area (Å²) in [6, 6.07) is 9.53. The molecule has 5 rings (SSSR count). The van der Waals surface area contributed by atoms with Crippen molar-refractivity contribution in [1.82, 2.24) is 0 Å². The second kappa shape index (κ2) is 11.6. The number of hydrogen-bond acceptors (Lipinski definition) is 7. The zero-order valence-electron chi connectivity index (χ0n) is 24.1. The SMILES string of the molecule is C=C(C1=CC=C(P2(=O)OCC(C)(C)CO2)CC1)c1ccc(C(=O)c2cc(Cl)ccc2Cl)cc1P1(=O)OCC(C)(C)CO1. The zero-order chi connectivity index (χ0) is 30.5. The van der Waals surface area contributed by atoms with Crippen LogP contribution in [0, 0.1) is 10.8 Å². The summed E-state index contributed by atoms with van der Waals surface area (Å²) in [6.45, 7) is 13.4. The summed E-state index contributed by atoms with van der Waals surface area (Å²) in [5, 5.41) is 1.48. The molecular formula is C31H34Cl2O7P2. The monoisotopic (exact) mass is 650 g/mol. The Balaban J connectivity index is 1.50. The van der Waals surface area contributed by atoms with Gasteiger partial charge in [0.2, 0.25) is 0 Å². The lowest BCUT2D eigenvalue weighted by Gasteiger charge is -2.36. The number of carbonyl (C=O) groups is 1. The van der Waals surface area contributed by atoms with Crippen molar-refractivity contribution < 1.29 is 32.0 Å². The van der Waals surface area contributed by atoms with E-state index in [1.54, 1.807) is 30.3 Å². The third-order valence-electron chi connectivity index (χ3n) is 7.42. The molecule has 0 amide bonds. The Morgan fingerprint density at radius 2 is 1.38 bits per heavy atom. The van der Waals surface area contributed by atoms with E-state index < -0.39 is 15.2 Å². The molecule has 0 bridgehead atoms. The molecule has 0 atom stereocenters. The van der Waals surface area contributed by atoms with Gasteiger partial charge in [-0.05, 0) is 53.8 Å². The number of ketones is 1. The van der Waals surface area contributed by atoms with Gasteiger partial charge in [-0.3, -0.25) is 13.9 Å². The molecule has 3 aliphatic rings. The van der Waals surface area contributed by atoms with Crippen LogP contribution < -0.4 is 5.30 Å². The highest BCUT2D eigenvalue weighted by molar-refractivity contribution is 7.62. The van der Waals surface area contributed by atoms with Gasteiger partial charge < -0.3 is 18.1 Å². The van der Waals surface area contributed by atoms with Crippen LogP contribution in [0.4, 0.5) is 0 Å². The highest BCUT2D eigenvalue weighted by atomic mass is 35.5. The van der Waals surface area contributed by atoms with Crippen molar-refractivity contribution in [3.8, 4) is 0 Å². The molecule has 42 heavy (non-hydrogen) atoms. The smallest absolute Gasteiger partial charge is 0.305 e.